The highest BCUT2D eigenvalue weighted by Crippen LogP contribution is 2.10. The van der Waals surface area contributed by atoms with E-state index in [1.54, 1.807) is 12.1 Å². The van der Waals surface area contributed by atoms with Gasteiger partial charge in [0.1, 0.15) is 18.2 Å². The lowest BCUT2D eigenvalue weighted by atomic mass is 10.3. The van der Waals surface area contributed by atoms with Crippen LogP contribution < -0.4 is 10.5 Å². The minimum Gasteiger partial charge on any atom is -0.492 e. The lowest BCUT2D eigenvalue weighted by molar-refractivity contribution is 0.326. The maximum Gasteiger partial charge on any atom is 0.126 e. The van der Waals surface area contributed by atoms with Crippen LogP contribution in [-0.2, 0) is 0 Å². The molecule has 0 aliphatic rings. The van der Waals surface area contributed by atoms with E-state index in [0.29, 0.717) is 18.9 Å². The Labute approximate surface area is 64.8 Å². The van der Waals surface area contributed by atoms with Crippen LogP contribution in [-0.4, -0.2) is 13.2 Å². The van der Waals surface area contributed by atoms with Crippen LogP contribution >= 0.6 is 0 Å². The molecule has 0 saturated carbocycles. The molecule has 0 bridgehead atoms. The largest absolute Gasteiger partial charge is 0.492 e. The minimum absolute atomic E-state index is 0.292. The van der Waals surface area contributed by atoms with Gasteiger partial charge in [-0.25, -0.2) is 4.39 Å². The second-order valence-corrected chi connectivity index (χ2v) is 2.09. The lowest BCUT2D eigenvalue weighted by Gasteiger charge is -2.02. The lowest BCUT2D eigenvalue weighted by Crippen LogP contribution is -2.10. The summed E-state index contributed by atoms with van der Waals surface area (Å²) >= 11 is 0. The zero-order valence-electron chi connectivity index (χ0n) is 6.09. The molecule has 0 saturated heterocycles. The molecule has 0 spiro atoms. The molecule has 3 heteroatoms. The maximum absolute atomic E-state index is 12.5. The molecule has 2 nitrogen and oxygen atoms in total. The summed E-state index contributed by atoms with van der Waals surface area (Å²) in [6.07, 6.45) is 0. The molecular formula is C8H10FNO. The predicted molar refractivity (Wildman–Crippen MR) is 40.9 cm³/mol. The van der Waals surface area contributed by atoms with Crippen molar-refractivity contribution in [1.29, 1.82) is 0 Å². The Kier molecular flexibility index (Phi) is 2.86. The van der Waals surface area contributed by atoms with Crippen LogP contribution in [0.2, 0.25) is 0 Å². The Morgan fingerprint density at radius 2 is 2.27 bits per heavy atom. The molecule has 11 heavy (non-hydrogen) atoms. The van der Waals surface area contributed by atoms with Crippen molar-refractivity contribution in [3.05, 3.63) is 30.1 Å². The number of ether oxygens (including phenoxy) is 1. The first kappa shape index (κ1) is 8.01. The van der Waals surface area contributed by atoms with Gasteiger partial charge in [-0.15, -0.1) is 0 Å². The fourth-order valence-electron chi connectivity index (χ4n) is 0.734. The number of hydrogen-bond acceptors (Lipinski definition) is 2. The summed E-state index contributed by atoms with van der Waals surface area (Å²) in [5, 5.41) is 0. The maximum atomic E-state index is 12.5. The normalized spacial score (nSPS) is 9.64. The van der Waals surface area contributed by atoms with Gasteiger partial charge in [-0.05, 0) is 12.1 Å². The summed E-state index contributed by atoms with van der Waals surface area (Å²) in [5.41, 5.74) is 5.20. The van der Waals surface area contributed by atoms with Gasteiger partial charge in [-0.1, -0.05) is 6.07 Å². The smallest absolute Gasteiger partial charge is 0.126 e. The summed E-state index contributed by atoms with van der Waals surface area (Å²) in [4.78, 5) is 0. The van der Waals surface area contributed by atoms with E-state index < -0.39 is 0 Å². The van der Waals surface area contributed by atoms with Gasteiger partial charge in [-0.2, -0.15) is 0 Å². The fourth-order valence-corrected chi connectivity index (χ4v) is 0.734. The molecular weight excluding hydrogens is 145 g/mol. The number of hydrogen-bond donors (Lipinski definition) is 1. The van der Waals surface area contributed by atoms with Gasteiger partial charge >= 0.3 is 0 Å². The summed E-state index contributed by atoms with van der Waals surface area (Å²) in [6.45, 7) is 0.861. The van der Waals surface area contributed by atoms with E-state index in [0.717, 1.165) is 0 Å². The Balaban J connectivity index is 2.56. The summed E-state index contributed by atoms with van der Waals surface area (Å²) in [6, 6.07) is 5.99. The van der Waals surface area contributed by atoms with Crippen LogP contribution in [0.4, 0.5) is 4.39 Å². The van der Waals surface area contributed by atoms with Crippen molar-refractivity contribution in [2.24, 2.45) is 5.73 Å². The molecule has 0 amide bonds. The Morgan fingerprint density at radius 1 is 1.45 bits per heavy atom. The third-order valence-electron chi connectivity index (χ3n) is 1.18. The van der Waals surface area contributed by atoms with Gasteiger partial charge in [0.2, 0.25) is 0 Å². The van der Waals surface area contributed by atoms with Crippen LogP contribution in [0.25, 0.3) is 0 Å². The Hall–Kier alpha value is -1.09. The Bertz CT molecular complexity index is 227. The first-order valence-corrected chi connectivity index (χ1v) is 3.41. The summed E-state index contributed by atoms with van der Waals surface area (Å²) in [5.74, 6) is 0.231. The quantitative estimate of drug-likeness (QED) is 0.711. The molecule has 1 rings (SSSR count). The fraction of sp³-hybridized carbons (Fsp3) is 0.250. The first-order chi connectivity index (χ1) is 5.33. The van der Waals surface area contributed by atoms with Gasteiger partial charge in [0.25, 0.3) is 0 Å². The Morgan fingerprint density at radius 3 is 2.91 bits per heavy atom. The van der Waals surface area contributed by atoms with Crippen molar-refractivity contribution in [1.82, 2.24) is 0 Å². The van der Waals surface area contributed by atoms with Gasteiger partial charge < -0.3 is 10.5 Å². The average Bonchev–Trinajstić information content (AvgIpc) is 2.01. The number of halogens is 1. The monoisotopic (exact) mass is 155 g/mol. The second-order valence-electron chi connectivity index (χ2n) is 2.09. The first-order valence-electron chi connectivity index (χ1n) is 3.41. The molecule has 0 radical (unpaired) electrons. The zero-order valence-corrected chi connectivity index (χ0v) is 6.09. The third-order valence-corrected chi connectivity index (χ3v) is 1.18. The van der Waals surface area contributed by atoms with Gasteiger partial charge in [0, 0.05) is 12.6 Å². The van der Waals surface area contributed by atoms with E-state index in [2.05, 4.69) is 0 Å². The molecule has 1 aromatic rings. The van der Waals surface area contributed by atoms with Crippen molar-refractivity contribution in [3.63, 3.8) is 0 Å². The highest BCUT2D eigenvalue weighted by molar-refractivity contribution is 5.22. The third kappa shape index (κ3) is 2.55. The molecule has 0 atom stereocenters. The molecule has 60 valence electrons. The molecule has 0 aliphatic heterocycles. The topological polar surface area (TPSA) is 35.2 Å². The van der Waals surface area contributed by atoms with Crippen LogP contribution in [0, 0.1) is 5.82 Å². The van der Waals surface area contributed by atoms with Crippen LogP contribution in [0.5, 0.6) is 5.75 Å². The molecule has 0 fully saturated rings. The minimum atomic E-state index is -0.292. The van der Waals surface area contributed by atoms with E-state index in [1.165, 1.54) is 12.1 Å². The highest BCUT2D eigenvalue weighted by Gasteiger charge is 1.93. The van der Waals surface area contributed by atoms with E-state index in [9.17, 15) is 4.39 Å². The standard InChI is InChI=1S/C8H10FNO/c9-7-2-1-3-8(6-7)11-5-4-10/h1-3,6H,4-5,10H2. The summed E-state index contributed by atoms with van der Waals surface area (Å²) < 4.78 is 17.6. The van der Waals surface area contributed by atoms with Crippen LogP contribution in [0.3, 0.4) is 0 Å². The van der Waals surface area contributed by atoms with Gasteiger partial charge in [0.05, 0.1) is 0 Å². The number of benzene rings is 1. The molecule has 0 aliphatic carbocycles. The van der Waals surface area contributed by atoms with Crippen molar-refractivity contribution in [2.75, 3.05) is 13.2 Å². The van der Waals surface area contributed by atoms with Crippen LogP contribution in [0.1, 0.15) is 0 Å². The van der Waals surface area contributed by atoms with Crippen molar-refractivity contribution < 1.29 is 9.13 Å². The van der Waals surface area contributed by atoms with E-state index in [-0.39, 0.29) is 5.82 Å². The second kappa shape index (κ2) is 3.93. The number of rotatable bonds is 3. The molecule has 2 N–H and O–H groups in total. The number of nitrogens with two attached hydrogens (primary N) is 1. The molecule has 0 aromatic heterocycles. The van der Waals surface area contributed by atoms with Crippen molar-refractivity contribution in [3.8, 4) is 5.75 Å². The van der Waals surface area contributed by atoms with Crippen LogP contribution in [0.15, 0.2) is 24.3 Å². The SMILES string of the molecule is NCCOc1cccc(F)c1. The van der Waals surface area contributed by atoms with E-state index in [1.807, 2.05) is 0 Å². The summed E-state index contributed by atoms with van der Waals surface area (Å²) in [7, 11) is 0. The zero-order chi connectivity index (χ0) is 8.10. The van der Waals surface area contributed by atoms with Gasteiger partial charge in [-0.3, -0.25) is 0 Å². The molecule has 1 aromatic carbocycles. The van der Waals surface area contributed by atoms with Crippen molar-refractivity contribution >= 4 is 0 Å². The van der Waals surface area contributed by atoms with Gasteiger partial charge in [0.15, 0.2) is 0 Å². The molecule has 0 unspecified atom stereocenters. The van der Waals surface area contributed by atoms with E-state index >= 15 is 0 Å². The van der Waals surface area contributed by atoms with Crippen molar-refractivity contribution in [2.45, 2.75) is 0 Å². The molecule has 0 heterocycles. The average molecular weight is 155 g/mol. The van der Waals surface area contributed by atoms with E-state index in [4.69, 9.17) is 10.5 Å². The predicted octanol–water partition coefficient (Wildman–Crippen LogP) is 1.16. The highest BCUT2D eigenvalue weighted by atomic mass is 19.1.